The Hall–Kier alpha value is -3.27. The van der Waals surface area contributed by atoms with Crippen LogP contribution in [-0.2, 0) is 14.8 Å². The molecular weight excluding hydrogens is 513 g/mol. The number of anilines is 1. The molecule has 1 aliphatic heterocycles. The predicted octanol–water partition coefficient (Wildman–Crippen LogP) is 4.50. The van der Waals surface area contributed by atoms with Crippen LogP contribution in [0.25, 0.3) is 0 Å². The van der Waals surface area contributed by atoms with E-state index in [9.17, 15) is 13.2 Å². The van der Waals surface area contributed by atoms with Crippen LogP contribution in [0.5, 0.6) is 11.5 Å². The van der Waals surface area contributed by atoms with Crippen LogP contribution in [0.3, 0.4) is 0 Å². The third-order valence-electron chi connectivity index (χ3n) is 5.09. The number of nitrogens with one attached hydrogen (secondary N) is 1. The maximum absolute atomic E-state index is 13.4. The van der Waals surface area contributed by atoms with Gasteiger partial charge in [-0.1, -0.05) is 29.3 Å². The molecule has 35 heavy (non-hydrogen) atoms. The van der Waals surface area contributed by atoms with E-state index in [1.54, 1.807) is 43.3 Å². The molecule has 0 fully saturated rings. The molecule has 1 N–H and O–H groups in total. The van der Waals surface area contributed by atoms with Gasteiger partial charge in [-0.15, -0.1) is 0 Å². The Morgan fingerprint density at radius 1 is 0.971 bits per heavy atom. The quantitative estimate of drug-likeness (QED) is 0.356. The number of halogens is 2. The molecule has 0 aromatic heterocycles. The van der Waals surface area contributed by atoms with Gasteiger partial charge in [0.05, 0.1) is 16.3 Å². The standard InChI is InChI=1S/C24H21Cl2N3O5S/c1-16(17-5-10-22-23(13-17)34-12-11-33-22)27-28-24(30)15-29(20-4-2-3-19(26)14-20)35(31,32)21-8-6-18(25)7-9-21/h2-10,13-14H,11-12,15H2,1H3,(H,28,30)/b27-16-. The fourth-order valence-electron chi connectivity index (χ4n) is 3.33. The Morgan fingerprint density at radius 3 is 2.40 bits per heavy atom. The number of hydrogen-bond acceptors (Lipinski definition) is 6. The smallest absolute Gasteiger partial charge is 0.264 e. The summed E-state index contributed by atoms with van der Waals surface area (Å²) in [6.07, 6.45) is 0. The van der Waals surface area contributed by atoms with Crippen molar-refractivity contribution in [3.8, 4) is 11.5 Å². The second kappa shape index (κ2) is 10.6. The van der Waals surface area contributed by atoms with Gasteiger partial charge in [0, 0.05) is 15.6 Å². The number of carbonyl (C=O) groups is 1. The Bertz CT molecular complexity index is 1380. The summed E-state index contributed by atoms with van der Waals surface area (Å²) >= 11 is 12.0. The van der Waals surface area contributed by atoms with Crippen molar-refractivity contribution >= 4 is 50.5 Å². The normalized spacial score (nSPS) is 13.3. The van der Waals surface area contributed by atoms with Gasteiger partial charge in [0.1, 0.15) is 19.8 Å². The van der Waals surface area contributed by atoms with E-state index in [0.717, 1.165) is 9.87 Å². The summed E-state index contributed by atoms with van der Waals surface area (Å²) in [6.45, 7) is 2.12. The molecule has 0 saturated carbocycles. The minimum Gasteiger partial charge on any atom is -0.486 e. The molecule has 0 unspecified atom stereocenters. The highest BCUT2D eigenvalue weighted by atomic mass is 35.5. The zero-order chi connectivity index (χ0) is 25.0. The van der Waals surface area contributed by atoms with Crippen molar-refractivity contribution in [1.82, 2.24) is 5.43 Å². The lowest BCUT2D eigenvalue weighted by atomic mass is 10.1. The number of amides is 1. The lowest BCUT2D eigenvalue weighted by molar-refractivity contribution is -0.119. The first-order valence-corrected chi connectivity index (χ1v) is 12.7. The molecule has 0 aliphatic carbocycles. The summed E-state index contributed by atoms with van der Waals surface area (Å²) in [5.41, 5.74) is 3.88. The van der Waals surface area contributed by atoms with E-state index in [1.807, 2.05) is 0 Å². The summed E-state index contributed by atoms with van der Waals surface area (Å²) in [6, 6.07) is 17.2. The Labute approximate surface area is 213 Å². The van der Waals surface area contributed by atoms with E-state index < -0.39 is 22.5 Å². The number of hydrogen-bond donors (Lipinski definition) is 1. The molecule has 0 spiro atoms. The Kier molecular flexibility index (Phi) is 7.49. The molecule has 4 rings (SSSR count). The average Bonchev–Trinajstić information content (AvgIpc) is 2.85. The van der Waals surface area contributed by atoms with Gasteiger partial charge in [0.25, 0.3) is 15.9 Å². The van der Waals surface area contributed by atoms with E-state index in [2.05, 4.69) is 10.5 Å². The fraction of sp³-hybridized carbons (Fsp3) is 0.167. The van der Waals surface area contributed by atoms with Gasteiger partial charge in [0.2, 0.25) is 0 Å². The largest absolute Gasteiger partial charge is 0.486 e. The van der Waals surface area contributed by atoms with Gasteiger partial charge in [-0.2, -0.15) is 5.10 Å². The monoisotopic (exact) mass is 533 g/mol. The van der Waals surface area contributed by atoms with Crippen LogP contribution < -0.4 is 19.2 Å². The summed E-state index contributed by atoms with van der Waals surface area (Å²) in [5, 5.41) is 4.84. The van der Waals surface area contributed by atoms with Crippen molar-refractivity contribution < 1.29 is 22.7 Å². The van der Waals surface area contributed by atoms with E-state index in [0.29, 0.717) is 40.5 Å². The van der Waals surface area contributed by atoms with Gasteiger partial charge < -0.3 is 9.47 Å². The number of fused-ring (bicyclic) bond motifs is 1. The highest BCUT2D eigenvalue weighted by Gasteiger charge is 2.27. The second-order valence-corrected chi connectivity index (χ2v) is 10.3. The van der Waals surface area contributed by atoms with Gasteiger partial charge in [0.15, 0.2) is 11.5 Å². The maximum Gasteiger partial charge on any atom is 0.264 e. The first-order valence-electron chi connectivity index (χ1n) is 10.5. The van der Waals surface area contributed by atoms with Crippen LogP contribution in [0, 0.1) is 0 Å². The minimum atomic E-state index is -4.11. The van der Waals surface area contributed by atoms with Crippen LogP contribution in [0.4, 0.5) is 5.69 Å². The molecular formula is C24H21Cl2N3O5S. The van der Waals surface area contributed by atoms with Gasteiger partial charge in [-0.3, -0.25) is 9.10 Å². The predicted molar refractivity (Wildman–Crippen MR) is 135 cm³/mol. The van der Waals surface area contributed by atoms with Crippen LogP contribution in [0.2, 0.25) is 10.0 Å². The van der Waals surface area contributed by atoms with E-state index >= 15 is 0 Å². The van der Waals surface area contributed by atoms with Crippen LogP contribution in [0.1, 0.15) is 12.5 Å². The molecule has 0 saturated heterocycles. The summed E-state index contributed by atoms with van der Waals surface area (Å²) < 4.78 is 38.8. The highest BCUT2D eigenvalue weighted by molar-refractivity contribution is 7.92. The molecule has 182 valence electrons. The van der Waals surface area contributed by atoms with Gasteiger partial charge in [-0.05, 0) is 67.6 Å². The number of carbonyl (C=O) groups excluding carboxylic acids is 1. The molecule has 3 aromatic carbocycles. The zero-order valence-corrected chi connectivity index (χ0v) is 20.9. The van der Waals surface area contributed by atoms with Crippen LogP contribution in [-0.4, -0.2) is 39.8 Å². The number of ether oxygens (including phenoxy) is 2. The van der Waals surface area contributed by atoms with Crippen molar-refractivity contribution in [2.75, 3.05) is 24.1 Å². The maximum atomic E-state index is 13.4. The van der Waals surface area contributed by atoms with Crippen molar-refractivity contribution in [3.63, 3.8) is 0 Å². The third kappa shape index (κ3) is 5.87. The van der Waals surface area contributed by atoms with E-state index in [4.69, 9.17) is 32.7 Å². The van der Waals surface area contributed by atoms with Gasteiger partial charge >= 0.3 is 0 Å². The Balaban J connectivity index is 1.56. The Morgan fingerprint density at radius 2 is 1.69 bits per heavy atom. The lowest BCUT2D eigenvalue weighted by Gasteiger charge is -2.24. The number of sulfonamides is 1. The van der Waals surface area contributed by atoms with Crippen molar-refractivity contribution in [1.29, 1.82) is 0 Å². The minimum absolute atomic E-state index is 0.0226. The first kappa shape index (κ1) is 24.8. The lowest BCUT2D eigenvalue weighted by Crippen LogP contribution is -2.39. The average molecular weight is 534 g/mol. The molecule has 1 amide bonds. The molecule has 1 aliphatic rings. The highest BCUT2D eigenvalue weighted by Crippen LogP contribution is 2.31. The van der Waals surface area contributed by atoms with Crippen molar-refractivity contribution in [3.05, 3.63) is 82.3 Å². The molecule has 0 radical (unpaired) electrons. The SMILES string of the molecule is C/C(=N/NC(=O)CN(c1cccc(Cl)c1)S(=O)(=O)c1ccc(Cl)cc1)c1ccc2c(c1)OCCO2. The molecule has 0 bridgehead atoms. The van der Waals surface area contributed by atoms with E-state index in [1.165, 1.54) is 30.3 Å². The summed E-state index contributed by atoms with van der Waals surface area (Å²) in [4.78, 5) is 12.8. The number of rotatable bonds is 7. The van der Waals surface area contributed by atoms with E-state index in [-0.39, 0.29) is 10.6 Å². The van der Waals surface area contributed by atoms with Crippen molar-refractivity contribution in [2.45, 2.75) is 11.8 Å². The first-order chi connectivity index (χ1) is 16.7. The number of nitrogens with zero attached hydrogens (tertiary/aromatic N) is 2. The topological polar surface area (TPSA) is 97.3 Å². The molecule has 3 aromatic rings. The number of benzene rings is 3. The molecule has 0 atom stereocenters. The molecule has 8 nitrogen and oxygen atoms in total. The summed E-state index contributed by atoms with van der Waals surface area (Å²) in [5.74, 6) is 0.594. The fourth-order valence-corrected chi connectivity index (χ4v) is 5.05. The van der Waals surface area contributed by atoms with Crippen LogP contribution in [0.15, 0.2) is 76.7 Å². The molecule has 11 heteroatoms. The number of hydrazone groups is 1. The van der Waals surface area contributed by atoms with Crippen LogP contribution >= 0.6 is 23.2 Å². The van der Waals surface area contributed by atoms with Crippen molar-refractivity contribution in [2.24, 2.45) is 5.10 Å². The van der Waals surface area contributed by atoms with Gasteiger partial charge in [-0.25, -0.2) is 13.8 Å². The third-order valence-corrected chi connectivity index (χ3v) is 7.37. The summed E-state index contributed by atoms with van der Waals surface area (Å²) in [7, 11) is -4.11. The molecule has 1 heterocycles. The zero-order valence-electron chi connectivity index (χ0n) is 18.6. The second-order valence-electron chi connectivity index (χ2n) is 7.54.